The summed E-state index contributed by atoms with van der Waals surface area (Å²) in [5.74, 6) is 2.10. The fourth-order valence-corrected chi connectivity index (χ4v) is 1.93. The number of aliphatic hydroxyl groups excluding tert-OH is 1. The highest BCUT2D eigenvalue weighted by atomic mass is 35.5. The van der Waals surface area contributed by atoms with Crippen molar-refractivity contribution in [3.05, 3.63) is 54.1 Å². The first kappa shape index (κ1) is 18.6. The van der Waals surface area contributed by atoms with Gasteiger partial charge in [-0.3, -0.25) is 0 Å². The minimum atomic E-state index is 0. The first-order chi connectivity index (χ1) is 10.2. The zero-order valence-corrected chi connectivity index (χ0v) is 13.8. The van der Waals surface area contributed by atoms with Crippen LogP contribution in [0, 0.1) is 0 Å². The summed E-state index contributed by atoms with van der Waals surface area (Å²) in [5, 5.41) is 12.4. The van der Waals surface area contributed by atoms with Crippen molar-refractivity contribution < 1.29 is 9.84 Å². The smallest absolute Gasteiger partial charge is 0.127 e. The van der Waals surface area contributed by atoms with Gasteiger partial charge in [0, 0.05) is 24.0 Å². The molecule has 2 aromatic carbocycles. The molecule has 0 unspecified atom stereocenters. The molecule has 0 fully saturated rings. The van der Waals surface area contributed by atoms with Crippen LogP contribution in [0.3, 0.4) is 0 Å². The minimum Gasteiger partial charge on any atom is -0.457 e. The van der Waals surface area contributed by atoms with Gasteiger partial charge in [0.2, 0.25) is 0 Å². The Balaban J connectivity index is 0.00000242. The molecule has 0 aliphatic rings. The summed E-state index contributed by atoms with van der Waals surface area (Å²) in [6, 6.07) is 15.1. The fourth-order valence-electron chi connectivity index (χ4n) is 1.80. The molecule has 0 bridgehead atoms. The van der Waals surface area contributed by atoms with E-state index in [9.17, 15) is 0 Å². The molecule has 0 radical (unpaired) electrons. The number of hydrogen-bond donors (Lipinski definition) is 4. The van der Waals surface area contributed by atoms with Crippen LogP contribution in [-0.2, 0) is 6.61 Å². The second-order valence-corrected chi connectivity index (χ2v) is 5.12. The maximum absolute atomic E-state index is 9.11. The molecule has 4 N–H and O–H groups in total. The van der Waals surface area contributed by atoms with Crippen LogP contribution in [-0.4, -0.2) is 23.4 Å². The van der Waals surface area contributed by atoms with Crippen molar-refractivity contribution >= 4 is 30.7 Å². The summed E-state index contributed by atoms with van der Waals surface area (Å²) in [4.78, 5) is 0. The van der Waals surface area contributed by atoms with Crippen molar-refractivity contribution in [2.75, 3.05) is 17.6 Å². The Morgan fingerprint density at radius 2 is 1.86 bits per heavy atom. The molecule has 6 heteroatoms. The second-order valence-electron chi connectivity index (χ2n) is 4.76. The van der Waals surface area contributed by atoms with Crippen molar-refractivity contribution in [2.24, 2.45) is 5.73 Å². The molecular formula is C16H21ClN2O2S. The molecule has 4 nitrogen and oxygen atoms in total. The molecule has 0 spiro atoms. The summed E-state index contributed by atoms with van der Waals surface area (Å²) < 4.78 is 5.75. The third-order valence-corrected chi connectivity index (χ3v) is 3.44. The van der Waals surface area contributed by atoms with Gasteiger partial charge < -0.3 is 20.9 Å². The predicted molar refractivity (Wildman–Crippen MR) is 96.4 cm³/mol. The highest BCUT2D eigenvalue weighted by Gasteiger charge is 2.01. The fraction of sp³-hybridized carbons (Fsp3) is 0.250. The van der Waals surface area contributed by atoms with E-state index in [1.54, 1.807) is 0 Å². The average molecular weight is 341 g/mol. The average Bonchev–Trinajstić information content (AvgIpc) is 2.54. The predicted octanol–water partition coefficient (Wildman–Crippen LogP) is 3.06. The molecular weight excluding hydrogens is 320 g/mol. The molecule has 1 atom stereocenters. The van der Waals surface area contributed by atoms with E-state index in [2.05, 4.69) is 17.9 Å². The van der Waals surface area contributed by atoms with Crippen molar-refractivity contribution in [1.82, 2.24) is 0 Å². The lowest BCUT2D eigenvalue weighted by Gasteiger charge is -2.12. The standard InChI is InChI=1S/C16H20N2O2S.ClH/c17-13(11-21)9-18-14-4-6-15(7-5-14)20-16-3-1-2-12(8-16)10-19;/h1-8,13,18-19,21H,9-11,17H2;1H/t13-;/m1./s1. The summed E-state index contributed by atoms with van der Waals surface area (Å²) in [7, 11) is 0. The Kier molecular flexibility index (Phi) is 8.12. The van der Waals surface area contributed by atoms with Gasteiger partial charge in [-0.1, -0.05) is 12.1 Å². The number of ether oxygens (including phenoxy) is 1. The van der Waals surface area contributed by atoms with E-state index in [1.807, 2.05) is 48.5 Å². The quantitative estimate of drug-likeness (QED) is 0.585. The molecule has 22 heavy (non-hydrogen) atoms. The largest absolute Gasteiger partial charge is 0.457 e. The van der Waals surface area contributed by atoms with Gasteiger partial charge in [0.1, 0.15) is 11.5 Å². The lowest BCUT2D eigenvalue weighted by Crippen LogP contribution is -2.30. The summed E-state index contributed by atoms with van der Waals surface area (Å²) in [5.41, 5.74) is 7.61. The van der Waals surface area contributed by atoms with Crippen LogP contribution in [0.5, 0.6) is 11.5 Å². The number of rotatable bonds is 7. The monoisotopic (exact) mass is 340 g/mol. The maximum atomic E-state index is 9.11. The second kappa shape index (κ2) is 9.58. The molecule has 0 aliphatic carbocycles. The molecule has 0 saturated heterocycles. The minimum absolute atomic E-state index is 0. The summed E-state index contributed by atoms with van der Waals surface area (Å²) >= 11 is 4.15. The molecule has 120 valence electrons. The highest BCUT2D eigenvalue weighted by Crippen LogP contribution is 2.23. The summed E-state index contributed by atoms with van der Waals surface area (Å²) in [6.07, 6.45) is 0. The van der Waals surface area contributed by atoms with Gasteiger partial charge in [-0.2, -0.15) is 12.6 Å². The topological polar surface area (TPSA) is 67.5 Å². The zero-order chi connectivity index (χ0) is 15.1. The maximum Gasteiger partial charge on any atom is 0.127 e. The Labute approximate surface area is 142 Å². The van der Waals surface area contributed by atoms with E-state index in [0.717, 1.165) is 17.0 Å². The Bertz CT molecular complexity index is 566. The zero-order valence-electron chi connectivity index (χ0n) is 12.1. The van der Waals surface area contributed by atoms with Gasteiger partial charge in [-0.05, 0) is 42.0 Å². The third-order valence-electron chi connectivity index (χ3n) is 2.97. The van der Waals surface area contributed by atoms with Gasteiger partial charge in [0.15, 0.2) is 0 Å². The number of aliphatic hydroxyl groups is 1. The first-order valence-corrected chi connectivity index (χ1v) is 7.42. The van der Waals surface area contributed by atoms with E-state index in [4.69, 9.17) is 15.6 Å². The van der Waals surface area contributed by atoms with Crippen LogP contribution < -0.4 is 15.8 Å². The number of nitrogens with two attached hydrogens (primary N) is 1. The van der Waals surface area contributed by atoms with Crippen molar-refractivity contribution in [1.29, 1.82) is 0 Å². The van der Waals surface area contributed by atoms with Crippen LogP contribution in [0.4, 0.5) is 5.69 Å². The Hall–Kier alpha value is -1.40. The van der Waals surface area contributed by atoms with Gasteiger partial charge in [0.05, 0.1) is 6.61 Å². The van der Waals surface area contributed by atoms with E-state index in [1.165, 1.54) is 0 Å². The van der Waals surface area contributed by atoms with Gasteiger partial charge in [0.25, 0.3) is 0 Å². The van der Waals surface area contributed by atoms with Gasteiger partial charge >= 0.3 is 0 Å². The number of hydrogen-bond acceptors (Lipinski definition) is 5. The first-order valence-electron chi connectivity index (χ1n) is 6.79. The van der Waals surface area contributed by atoms with Crippen LogP contribution >= 0.6 is 25.0 Å². The third kappa shape index (κ3) is 5.77. The van der Waals surface area contributed by atoms with Crippen molar-refractivity contribution in [3.63, 3.8) is 0 Å². The van der Waals surface area contributed by atoms with Crippen molar-refractivity contribution in [2.45, 2.75) is 12.6 Å². The number of halogens is 1. The molecule has 0 amide bonds. The molecule has 0 aromatic heterocycles. The lowest BCUT2D eigenvalue weighted by molar-refractivity contribution is 0.281. The number of thiol groups is 1. The van der Waals surface area contributed by atoms with Crippen LogP contribution in [0.2, 0.25) is 0 Å². The number of anilines is 1. The number of benzene rings is 2. The molecule has 2 rings (SSSR count). The number of nitrogens with one attached hydrogen (secondary N) is 1. The van der Waals surface area contributed by atoms with E-state index in [-0.39, 0.29) is 25.1 Å². The van der Waals surface area contributed by atoms with Crippen LogP contribution in [0.25, 0.3) is 0 Å². The molecule has 0 saturated carbocycles. The van der Waals surface area contributed by atoms with Crippen LogP contribution in [0.1, 0.15) is 5.56 Å². The van der Waals surface area contributed by atoms with Crippen LogP contribution in [0.15, 0.2) is 48.5 Å². The normalized spacial score (nSPS) is 11.4. The summed E-state index contributed by atoms with van der Waals surface area (Å²) in [6.45, 7) is 0.688. The molecule has 0 heterocycles. The van der Waals surface area contributed by atoms with Gasteiger partial charge in [-0.25, -0.2) is 0 Å². The van der Waals surface area contributed by atoms with E-state index < -0.39 is 0 Å². The Morgan fingerprint density at radius 1 is 1.14 bits per heavy atom. The van der Waals surface area contributed by atoms with E-state index in [0.29, 0.717) is 18.0 Å². The van der Waals surface area contributed by atoms with E-state index >= 15 is 0 Å². The van der Waals surface area contributed by atoms with Crippen molar-refractivity contribution in [3.8, 4) is 11.5 Å². The SMILES string of the molecule is Cl.N[C@@H](CS)CNc1ccc(Oc2cccc(CO)c2)cc1. The lowest BCUT2D eigenvalue weighted by atomic mass is 10.2. The highest BCUT2D eigenvalue weighted by molar-refractivity contribution is 7.80. The molecule has 2 aromatic rings. The van der Waals surface area contributed by atoms with Gasteiger partial charge in [-0.15, -0.1) is 12.4 Å². The Morgan fingerprint density at radius 3 is 2.50 bits per heavy atom. The molecule has 0 aliphatic heterocycles.